The first-order chi connectivity index (χ1) is 14.6. The van der Waals surface area contributed by atoms with Crippen LogP contribution in [-0.4, -0.2) is 20.2 Å². The number of carbonyl (C=O) groups excluding carboxylic acids is 2. The van der Waals surface area contributed by atoms with Crippen molar-refractivity contribution in [1.82, 2.24) is 0 Å². The van der Waals surface area contributed by atoms with Crippen LogP contribution >= 0.6 is 0 Å². The van der Waals surface area contributed by atoms with Gasteiger partial charge in [-0.2, -0.15) is 0 Å². The third kappa shape index (κ3) is 5.35. The summed E-state index contributed by atoms with van der Waals surface area (Å²) in [4.78, 5) is 24.0. The standard InChI is InChI=1S/C22H20N4O4S/c23-21-18(15-7-9-17(10-8-15)31(25,29)30)12-14(13-19(21)22(24)28)6-11-20(27)26-16-4-2-1-3-5-16/h1-13H,23H2,(H2,24,28)(H,26,27)(H2,25,29,30). The van der Waals surface area contributed by atoms with Crippen LogP contribution in [-0.2, 0) is 14.8 Å². The minimum absolute atomic E-state index is 0.0569. The topological polar surface area (TPSA) is 158 Å². The molecule has 0 spiro atoms. The molecule has 0 fully saturated rings. The van der Waals surface area contributed by atoms with Gasteiger partial charge < -0.3 is 16.8 Å². The monoisotopic (exact) mass is 436 g/mol. The largest absolute Gasteiger partial charge is 0.398 e. The average molecular weight is 436 g/mol. The fraction of sp³-hybridized carbons (Fsp3) is 0. The maximum atomic E-state index is 12.2. The zero-order valence-corrected chi connectivity index (χ0v) is 17.1. The SMILES string of the molecule is NC(=O)c1cc(C=CC(=O)Nc2ccccc2)cc(-c2ccc(S(N)(=O)=O)cc2)c1N. The van der Waals surface area contributed by atoms with E-state index in [1.807, 2.05) is 6.07 Å². The van der Waals surface area contributed by atoms with Crippen LogP contribution in [0.3, 0.4) is 0 Å². The highest BCUT2D eigenvalue weighted by Crippen LogP contribution is 2.31. The van der Waals surface area contributed by atoms with Crippen molar-refractivity contribution in [3.8, 4) is 11.1 Å². The summed E-state index contributed by atoms with van der Waals surface area (Å²) in [6.07, 6.45) is 2.84. The van der Waals surface area contributed by atoms with E-state index in [0.29, 0.717) is 22.4 Å². The number of nitrogen functional groups attached to an aromatic ring is 1. The Bertz CT molecular complexity index is 1270. The summed E-state index contributed by atoms with van der Waals surface area (Å²) in [5, 5.41) is 7.84. The van der Waals surface area contributed by atoms with Gasteiger partial charge in [0.25, 0.3) is 5.91 Å². The highest BCUT2D eigenvalue weighted by Gasteiger charge is 2.14. The van der Waals surface area contributed by atoms with E-state index in [0.717, 1.165) is 0 Å². The van der Waals surface area contributed by atoms with Crippen molar-refractivity contribution >= 4 is 39.3 Å². The number of rotatable bonds is 6. The van der Waals surface area contributed by atoms with Gasteiger partial charge in [0.2, 0.25) is 15.9 Å². The van der Waals surface area contributed by atoms with Crippen molar-refractivity contribution in [1.29, 1.82) is 0 Å². The van der Waals surface area contributed by atoms with Crippen LogP contribution < -0.4 is 21.9 Å². The molecule has 0 bridgehead atoms. The number of nitrogens with two attached hydrogens (primary N) is 3. The molecule has 9 heteroatoms. The predicted molar refractivity (Wildman–Crippen MR) is 120 cm³/mol. The number of hydrogen-bond acceptors (Lipinski definition) is 5. The summed E-state index contributed by atoms with van der Waals surface area (Å²) in [7, 11) is -3.85. The maximum Gasteiger partial charge on any atom is 0.250 e. The first kappa shape index (κ1) is 21.8. The Morgan fingerprint density at radius 2 is 1.58 bits per heavy atom. The smallest absolute Gasteiger partial charge is 0.250 e. The van der Waals surface area contributed by atoms with E-state index in [1.165, 1.54) is 42.5 Å². The minimum Gasteiger partial charge on any atom is -0.398 e. The predicted octanol–water partition coefficient (Wildman–Crippen LogP) is 2.33. The lowest BCUT2D eigenvalue weighted by Gasteiger charge is -2.12. The molecule has 3 rings (SSSR count). The van der Waals surface area contributed by atoms with E-state index >= 15 is 0 Å². The van der Waals surface area contributed by atoms with Gasteiger partial charge in [-0.05, 0) is 53.6 Å². The molecule has 0 radical (unpaired) electrons. The fourth-order valence-electron chi connectivity index (χ4n) is 2.92. The molecule has 0 aliphatic heterocycles. The van der Waals surface area contributed by atoms with Crippen molar-refractivity contribution in [2.45, 2.75) is 4.90 Å². The van der Waals surface area contributed by atoms with E-state index < -0.39 is 15.9 Å². The number of hydrogen-bond donors (Lipinski definition) is 4. The second-order valence-electron chi connectivity index (χ2n) is 6.65. The first-order valence-corrected chi connectivity index (χ1v) is 10.6. The fourth-order valence-corrected chi connectivity index (χ4v) is 3.43. The molecule has 0 aliphatic rings. The number of para-hydroxylation sites is 1. The minimum atomic E-state index is -3.85. The normalized spacial score (nSPS) is 11.4. The molecule has 0 saturated carbocycles. The third-order valence-electron chi connectivity index (χ3n) is 4.43. The van der Waals surface area contributed by atoms with Gasteiger partial charge in [-0.3, -0.25) is 9.59 Å². The molecule has 3 aromatic rings. The van der Waals surface area contributed by atoms with E-state index in [9.17, 15) is 18.0 Å². The number of amides is 2. The van der Waals surface area contributed by atoms with Crippen molar-refractivity contribution in [2.75, 3.05) is 11.1 Å². The van der Waals surface area contributed by atoms with E-state index in [4.69, 9.17) is 16.6 Å². The van der Waals surface area contributed by atoms with Gasteiger partial charge in [0.05, 0.1) is 16.1 Å². The molecule has 0 heterocycles. The summed E-state index contributed by atoms with van der Waals surface area (Å²) >= 11 is 0. The zero-order chi connectivity index (χ0) is 22.6. The van der Waals surface area contributed by atoms with Crippen LogP contribution in [0.4, 0.5) is 11.4 Å². The van der Waals surface area contributed by atoms with Crippen LogP contribution in [0.2, 0.25) is 0 Å². The lowest BCUT2D eigenvalue weighted by atomic mass is 9.96. The van der Waals surface area contributed by atoms with Crippen molar-refractivity contribution in [2.24, 2.45) is 10.9 Å². The Morgan fingerprint density at radius 3 is 2.16 bits per heavy atom. The van der Waals surface area contributed by atoms with Gasteiger partial charge in [0, 0.05) is 17.3 Å². The van der Waals surface area contributed by atoms with E-state index in [-0.39, 0.29) is 22.1 Å². The van der Waals surface area contributed by atoms with Gasteiger partial charge in [-0.1, -0.05) is 30.3 Å². The third-order valence-corrected chi connectivity index (χ3v) is 5.36. The Balaban J connectivity index is 1.96. The van der Waals surface area contributed by atoms with Gasteiger partial charge in [0.15, 0.2) is 0 Å². The summed E-state index contributed by atoms with van der Waals surface area (Å²) in [6.45, 7) is 0. The molecule has 8 nitrogen and oxygen atoms in total. The van der Waals surface area contributed by atoms with E-state index in [1.54, 1.807) is 30.3 Å². The summed E-state index contributed by atoms with van der Waals surface area (Å²) in [5.41, 5.74) is 14.0. The van der Waals surface area contributed by atoms with Crippen LogP contribution in [0.25, 0.3) is 17.2 Å². The molecule has 2 amide bonds. The molecule has 0 aliphatic carbocycles. The highest BCUT2D eigenvalue weighted by molar-refractivity contribution is 7.89. The number of carbonyl (C=O) groups is 2. The maximum absolute atomic E-state index is 12.2. The van der Waals surface area contributed by atoms with Gasteiger partial charge in [0.1, 0.15) is 0 Å². The van der Waals surface area contributed by atoms with E-state index in [2.05, 4.69) is 5.32 Å². The Hall–Kier alpha value is -3.95. The highest BCUT2D eigenvalue weighted by atomic mass is 32.2. The second-order valence-corrected chi connectivity index (χ2v) is 8.21. The van der Waals surface area contributed by atoms with Crippen LogP contribution in [0.15, 0.2) is 77.7 Å². The van der Waals surface area contributed by atoms with Crippen molar-refractivity contribution < 1.29 is 18.0 Å². The molecule has 0 aromatic heterocycles. The molecule has 0 atom stereocenters. The van der Waals surface area contributed by atoms with Gasteiger partial charge >= 0.3 is 0 Å². The molecule has 0 unspecified atom stereocenters. The molecule has 7 N–H and O–H groups in total. The number of anilines is 2. The Kier molecular flexibility index (Phi) is 6.19. The van der Waals surface area contributed by atoms with Crippen molar-refractivity contribution in [3.05, 3.63) is 83.9 Å². The average Bonchev–Trinajstić information content (AvgIpc) is 2.73. The van der Waals surface area contributed by atoms with Crippen LogP contribution in [0.5, 0.6) is 0 Å². The van der Waals surface area contributed by atoms with Crippen LogP contribution in [0.1, 0.15) is 15.9 Å². The lowest BCUT2D eigenvalue weighted by molar-refractivity contribution is -0.111. The summed E-state index contributed by atoms with van der Waals surface area (Å²) < 4.78 is 22.9. The summed E-state index contributed by atoms with van der Waals surface area (Å²) in [6, 6.07) is 17.8. The molecular formula is C22H20N4O4S. The molecular weight excluding hydrogens is 416 g/mol. The van der Waals surface area contributed by atoms with Gasteiger partial charge in [-0.15, -0.1) is 0 Å². The number of nitrogens with one attached hydrogen (secondary N) is 1. The molecule has 31 heavy (non-hydrogen) atoms. The number of primary sulfonamides is 1. The van der Waals surface area contributed by atoms with Gasteiger partial charge in [-0.25, -0.2) is 13.6 Å². The Labute approximate surface area is 179 Å². The quantitative estimate of drug-likeness (QED) is 0.344. The first-order valence-electron chi connectivity index (χ1n) is 9.06. The second kappa shape index (κ2) is 8.82. The Morgan fingerprint density at radius 1 is 0.935 bits per heavy atom. The molecule has 158 valence electrons. The lowest BCUT2D eigenvalue weighted by Crippen LogP contribution is -2.14. The molecule has 3 aromatic carbocycles. The molecule has 0 saturated heterocycles. The van der Waals surface area contributed by atoms with Crippen molar-refractivity contribution in [3.63, 3.8) is 0 Å². The summed E-state index contributed by atoms with van der Waals surface area (Å²) in [5.74, 6) is -1.09. The number of primary amides is 1. The number of sulfonamides is 1. The zero-order valence-electron chi connectivity index (χ0n) is 16.3. The van der Waals surface area contributed by atoms with Crippen LogP contribution in [0, 0.1) is 0 Å². The number of benzene rings is 3.